The Morgan fingerprint density at radius 2 is 1.92 bits per heavy atom. The molecule has 2 atom stereocenters. The number of benzene rings is 2. The molecule has 2 fully saturated rings. The molecule has 1 N–H and O–H groups in total. The number of amides is 1. The molecule has 1 aliphatic carbocycles. The van der Waals surface area contributed by atoms with Gasteiger partial charge in [-0.3, -0.25) is 9.69 Å². The van der Waals surface area contributed by atoms with E-state index >= 15 is 0 Å². The Morgan fingerprint density at radius 3 is 2.79 bits per heavy atom. The molecule has 4 rings (SSSR count). The van der Waals surface area contributed by atoms with E-state index in [1.807, 2.05) is 0 Å². The van der Waals surface area contributed by atoms with E-state index in [0.717, 1.165) is 45.8 Å². The monoisotopic (exact) mass is 324 g/mol. The van der Waals surface area contributed by atoms with E-state index in [-0.39, 0.29) is 11.8 Å². The van der Waals surface area contributed by atoms with Crippen molar-refractivity contribution >= 4 is 16.7 Å². The van der Waals surface area contributed by atoms with Gasteiger partial charge in [-0.25, -0.2) is 0 Å². The van der Waals surface area contributed by atoms with Gasteiger partial charge in [-0.2, -0.15) is 0 Å². The summed E-state index contributed by atoms with van der Waals surface area (Å²) in [5.74, 6) is 0.723. The third kappa shape index (κ3) is 3.30. The van der Waals surface area contributed by atoms with Gasteiger partial charge in [0.15, 0.2) is 0 Å². The van der Waals surface area contributed by atoms with E-state index in [0.29, 0.717) is 5.92 Å². The molecule has 1 amide bonds. The average molecular weight is 324 g/mol. The van der Waals surface area contributed by atoms with Gasteiger partial charge < -0.3 is 10.1 Å². The van der Waals surface area contributed by atoms with Gasteiger partial charge in [-0.05, 0) is 28.7 Å². The summed E-state index contributed by atoms with van der Waals surface area (Å²) in [5.41, 5.74) is 1.32. The van der Waals surface area contributed by atoms with Crippen molar-refractivity contribution in [2.45, 2.75) is 12.3 Å². The highest BCUT2D eigenvalue weighted by Gasteiger charge is 2.44. The Morgan fingerprint density at radius 1 is 1.12 bits per heavy atom. The van der Waals surface area contributed by atoms with Crippen LogP contribution in [0.15, 0.2) is 42.5 Å². The van der Waals surface area contributed by atoms with Gasteiger partial charge in [0.25, 0.3) is 0 Å². The number of carbonyl (C=O) groups excluding carboxylic acids is 1. The second-order valence-corrected chi connectivity index (χ2v) is 6.76. The van der Waals surface area contributed by atoms with Gasteiger partial charge in [0, 0.05) is 32.1 Å². The third-order valence-corrected chi connectivity index (χ3v) is 5.18. The molecule has 2 aromatic rings. The van der Waals surface area contributed by atoms with E-state index in [4.69, 9.17) is 4.74 Å². The fourth-order valence-electron chi connectivity index (χ4n) is 3.70. The lowest BCUT2D eigenvalue weighted by Crippen LogP contribution is -2.41. The third-order valence-electron chi connectivity index (χ3n) is 5.18. The maximum absolute atomic E-state index is 12.4. The van der Waals surface area contributed by atoms with Crippen molar-refractivity contribution in [3.63, 3.8) is 0 Å². The quantitative estimate of drug-likeness (QED) is 0.918. The summed E-state index contributed by atoms with van der Waals surface area (Å²) in [6.45, 7) is 5.20. The standard InChI is InChI=1S/C20H24N2O2/c23-20(21-8-9-22-10-12-24-13-11-22)19-14-18(19)17-7-3-5-15-4-1-2-6-16(15)17/h1-7,18-19H,8-14H2,(H,21,23)/t18-,19+/m1/s1. The topological polar surface area (TPSA) is 41.6 Å². The van der Waals surface area contributed by atoms with Gasteiger partial charge in [-0.15, -0.1) is 0 Å². The highest BCUT2D eigenvalue weighted by Crippen LogP contribution is 2.49. The molecule has 0 aromatic heterocycles. The van der Waals surface area contributed by atoms with Crippen molar-refractivity contribution in [2.24, 2.45) is 5.92 Å². The number of morpholine rings is 1. The van der Waals surface area contributed by atoms with Crippen LogP contribution in [0, 0.1) is 5.92 Å². The molecule has 0 spiro atoms. The lowest BCUT2D eigenvalue weighted by atomic mass is 10.00. The van der Waals surface area contributed by atoms with E-state index in [1.54, 1.807) is 0 Å². The van der Waals surface area contributed by atoms with Gasteiger partial charge in [0.1, 0.15) is 0 Å². The number of nitrogens with zero attached hydrogens (tertiary/aromatic N) is 1. The Labute approximate surface area is 142 Å². The van der Waals surface area contributed by atoms with Gasteiger partial charge in [-0.1, -0.05) is 42.5 Å². The molecule has 2 aliphatic rings. The van der Waals surface area contributed by atoms with Crippen LogP contribution in [0.2, 0.25) is 0 Å². The van der Waals surface area contributed by atoms with Crippen molar-refractivity contribution in [3.05, 3.63) is 48.0 Å². The SMILES string of the molecule is O=C(NCCN1CCOCC1)[C@H]1C[C@@H]1c1cccc2ccccc12. The van der Waals surface area contributed by atoms with E-state index in [1.165, 1.54) is 16.3 Å². The highest BCUT2D eigenvalue weighted by atomic mass is 16.5. The van der Waals surface area contributed by atoms with Crippen LogP contribution in [-0.2, 0) is 9.53 Å². The second kappa shape index (κ2) is 6.91. The Balaban J connectivity index is 1.33. The maximum Gasteiger partial charge on any atom is 0.223 e. The summed E-state index contributed by atoms with van der Waals surface area (Å²) in [6, 6.07) is 14.9. The zero-order valence-corrected chi connectivity index (χ0v) is 13.9. The smallest absolute Gasteiger partial charge is 0.223 e. The summed E-state index contributed by atoms with van der Waals surface area (Å²) in [5, 5.41) is 5.66. The van der Waals surface area contributed by atoms with Crippen molar-refractivity contribution < 1.29 is 9.53 Å². The molecular formula is C20H24N2O2. The first-order valence-electron chi connectivity index (χ1n) is 8.88. The minimum atomic E-state index is 0.139. The first-order chi connectivity index (χ1) is 11.8. The average Bonchev–Trinajstić information content (AvgIpc) is 3.43. The minimum Gasteiger partial charge on any atom is -0.379 e. The number of nitrogens with one attached hydrogen (secondary N) is 1. The molecule has 4 heteroatoms. The predicted octanol–water partition coefficient (Wildman–Crippen LogP) is 2.39. The molecule has 0 unspecified atom stereocenters. The largest absolute Gasteiger partial charge is 0.379 e. The molecule has 4 nitrogen and oxygen atoms in total. The minimum absolute atomic E-state index is 0.139. The first-order valence-corrected chi connectivity index (χ1v) is 8.88. The van der Waals surface area contributed by atoms with Crippen molar-refractivity contribution in [1.82, 2.24) is 10.2 Å². The predicted molar refractivity (Wildman–Crippen MR) is 95.1 cm³/mol. The van der Waals surface area contributed by atoms with E-state index in [9.17, 15) is 4.79 Å². The summed E-state index contributed by atoms with van der Waals surface area (Å²) >= 11 is 0. The van der Waals surface area contributed by atoms with Gasteiger partial charge >= 0.3 is 0 Å². The Bertz CT molecular complexity index is 719. The van der Waals surface area contributed by atoms with Crippen LogP contribution < -0.4 is 5.32 Å². The molecule has 1 aliphatic heterocycles. The summed E-state index contributed by atoms with van der Waals surface area (Å²) in [7, 11) is 0. The molecule has 2 aromatic carbocycles. The Kier molecular flexibility index (Phi) is 4.50. The van der Waals surface area contributed by atoms with Crippen LogP contribution in [0.5, 0.6) is 0 Å². The van der Waals surface area contributed by atoms with Crippen LogP contribution >= 0.6 is 0 Å². The fourth-order valence-corrected chi connectivity index (χ4v) is 3.70. The first kappa shape index (κ1) is 15.6. The molecule has 24 heavy (non-hydrogen) atoms. The molecule has 1 saturated heterocycles. The van der Waals surface area contributed by atoms with Crippen LogP contribution in [-0.4, -0.2) is 50.2 Å². The van der Waals surface area contributed by atoms with Crippen LogP contribution in [0.25, 0.3) is 10.8 Å². The number of fused-ring (bicyclic) bond motifs is 1. The summed E-state index contributed by atoms with van der Waals surface area (Å²) in [4.78, 5) is 14.8. The lowest BCUT2D eigenvalue weighted by Gasteiger charge is -2.26. The van der Waals surface area contributed by atoms with Crippen molar-refractivity contribution in [1.29, 1.82) is 0 Å². The molecule has 0 radical (unpaired) electrons. The van der Waals surface area contributed by atoms with Crippen molar-refractivity contribution in [2.75, 3.05) is 39.4 Å². The summed E-state index contributed by atoms with van der Waals surface area (Å²) < 4.78 is 5.34. The molecule has 0 bridgehead atoms. The van der Waals surface area contributed by atoms with Gasteiger partial charge in [0.2, 0.25) is 5.91 Å². The van der Waals surface area contributed by atoms with Crippen LogP contribution in [0.1, 0.15) is 17.9 Å². The fraction of sp³-hybridized carbons (Fsp3) is 0.450. The number of ether oxygens (including phenoxy) is 1. The molecule has 1 saturated carbocycles. The summed E-state index contributed by atoms with van der Waals surface area (Å²) in [6.07, 6.45) is 0.970. The van der Waals surface area contributed by atoms with E-state index < -0.39 is 0 Å². The molecular weight excluding hydrogens is 300 g/mol. The highest BCUT2D eigenvalue weighted by molar-refractivity contribution is 5.89. The maximum atomic E-state index is 12.4. The molecule has 1 heterocycles. The Hall–Kier alpha value is -1.91. The van der Waals surface area contributed by atoms with Crippen LogP contribution in [0.4, 0.5) is 0 Å². The van der Waals surface area contributed by atoms with Crippen LogP contribution in [0.3, 0.4) is 0 Å². The second-order valence-electron chi connectivity index (χ2n) is 6.76. The van der Waals surface area contributed by atoms with Gasteiger partial charge in [0.05, 0.1) is 13.2 Å². The zero-order chi connectivity index (χ0) is 16.4. The molecule has 126 valence electrons. The lowest BCUT2D eigenvalue weighted by molar-refractivity contribution is -0.122. The number of rotatable bonds is 5. The number of hydrogen-bond donors (Lipinski definition) is 1. The number of hydrogen-bond acceptors (Lipinski definition) is 3. The number of carbonyl (C=O) groups is 1. The van der Waals surface area contributed by atoms with Crippen molar-refractivity contribution in [3.8, 4) is 0 Å². The normalized spacial score (nSPS) is 24.0. The van der Waals surface area contributed by atoms with E-state index in [2.05, 4.69) is 52.7 Å². The zero-order valence-electron chi connectivity index (χ0n) is 13.9.